The van der Waals surface area contributed by atoms with Crippen LogP contribution in [-0.2, 0) is 0 Å². The van der Waals surface area contributed by atoms with Gasteiger partial charge in [0.2, 0.25) is 0 Å². The molecule has 3 aliphatic rings. The van der Waals surface area contributed by atoms with Gasteiger partial charge in [0, 0.05) is 6.04 Å². The van der Waals surface area contributed by atoms with Gasteiger partial charge in [-0.15, -0.1) is 11.3 Å². The fourth-order valence-corrected chi connectivity index (χ4v) is 5.18. The summed E-state index contributed by atoms with van der Waals surface area (Å²) in [6.07, 6.45) is 4.15. The van der Waals surface area contributed by atoms with Crippen molar-refractivity contribution in [3.8, 4) is 11.8 Å². The number of hydrogen-bond donors (Lipinski definition) is 2. The molecule has 1 aromatic heterocycles. The van der Waals surface area contributed by atoms with Gasteiger partial charge in [-0.05, 0) is 55.1 Å². The highest BCUT2D eigenvalue weighted by molar-refractivity contribution is 7.14. The summed E-state index contributed by atoms with van der Waals surface area (Å²) in [7, 11) is 0. The molecule has 0 saturated heterocycles. The van der Waals surface area contributed by atoms with E-state index in [0.717, 1.165) is 33.4 Å². The van der Waals surface area contributed by atoms with Gasteiger partial charge in [0.05, 0.1) is 9.75 Å². The molecule has 3 nitrogen and oxygen atoms in total. The first-order valence-electron chi connectivity index (χ1n) is 7.28. The largest absolute Gasteiger partial charge is 0.384 e. The van der Waals surface area contributed by atoms with Crippen molar-refractivity contribution in [1.82, 2.24) is 5.32 Å². The molecule has 0 spiro atoms. The van der Waals surface area contributed by atoms with Crippen LogP contribution in [0.15, 0.2) is 12.1 Å². The number of hydrogen-bond acceptors (Lipinski definition) is 3. The van der Waals surface area contributed by atoms with Crippen LogP contribution in [0.1, 0.15) is 33.8 Å². The average molecular weight is 287 g/mol. The van der Waals surface area contributed by atoms with Crippen LogP contribution in [0.4, 0.5) is 0 Å². The topological polar surface area (TPSA) is 49.3 Å². The predicted molar refractivity (Wildman–Crippen MR) is 77.3 cm³/mol. The molecule has 1 amide bonds. The van der Waals surface area contributed by atoms with Crippen LogP contribution in [0.3, 0.4) is 0 Å². The number of aliphatic hydroxyl groups excluding tert-OH is 1. The number of nitrogens with one attached hydrogen (secondary N) is 1. The molecule has 0 aromatic carbocycles. The minimum atomic E-state index is -0.145. The van der Waals surface area contributed by atoms with E-state index in [1.54, 1.807) is 0 Å². The number of thiophene rings is 1. The van der Waals surface area contributed by atoms with Crippen LogP contribution >= 0.6 is 11.3 Å². The fraction of sp³-hybridized carbons (Fsp3) is 0.562. The van der Waals surface area contributed by atoms with Crippen LogP contribution in [0.2, 0.25) is 0 Å². The molecule has 4 unspecified atom stereocenters. The second-order valence-corrected chi connectivity index (χ2v) is 7.19. The van der Waals surface area contributed by atoms with Crippen molar-refractivity contribution in [2.45, 2.75) is 25.3 Å². The molecule has 1 heterocycles. The zero-order valence-corrected chi connectivity index (χ0v) is 12.0. The molecule has 2 N–H and O–H groups in total. The van der Waals surface area contributed by atoms with Gasteiger partial charge in [-0.1, -0.05) is 11.8 Å². The Balaban J connectivity index is 1.40. The third-order valence-corrected chi connectivity index (χ3v) is 6.15. The standard InChI is InChI=1S/C16H17NO2S/c18-7-1-2-11-5-6-12(20-11)16(19)17-15-13-9-3-4-10(8-9)14(13)15/h5-6,9-10,13-15,18H,3-4,7-8H2,(H,17,19). The predicted octanol–water partition coefficient (Wildman–Crippen LogP) is 1.87. The van der Waals surface area contributed by atoms with E-state index in [0.29, 0.717) is 6.04 Å². The molecule has 2 bridgehead atoms. The first-order chi connectivity index (χ1) is 9.78. The second-order valence-electron chi connectivity index (χ2n) is 6.11. The number of rotatable bonds is 2. The Bertz CT molecular complexity index is 595. The first kappa shape index (κ1) is 12.4. The Morgan fingerprint density at radius 1 is 1.35 bits per heavy atom. The summed E-state index contributed by atoms with van der Waals surface area (Å²) in [5.41, 5.74) is 0. The van der Waals surface area contributed by atoms with Gasteiger partial charge in [-0.25, -0.2) is 0 Å². The third kappa shape index (κ3) is 1.88. The maximum Gasteiger partial charge on any atom is 0.261 e. The van der Waals surface area contributed by atoms with E-state index in [1.807, 2.05) is 12.1 Å². The van der Waals surface area contributed by atoms with Crippen molar-refractivity contribution < 1.29 is 9.90 Å². The lowest BCUT2D eigenvalue weighted by atomic mass is 10.0. The van der Waals surface area contributed by atoms with E-state index >= 15 is 0 Å². The average Bonchev–Trinajstić information content (AvgIpc) is 2.90. The number of carbonyl (C=O) groups excluding carboxylic acids is 1. The summed E-state index contributed by atoms with van der Waals surface area (Å²) in [6.45, 7) is -0.145. The quantitative estimate of drug-likeness (QED) is 0.816. The van der Waals surface area contributed by atoms with Gasteiger partial charge in [0.15, 0.2) is 0 Å². The second kappa shape index (κ2) is 4.61. The van der Waals surface area contributed by atoms with E-state index in [2.05, 4.69) is 17.2 Å². The van der Waals surface area contributed by atoms with Gasteiger partial charge >= 0.3 is 0 Å². The van der Waals surface area contributed by atoms with E-state index in [4.69, 9.17) is 5.11 Å². The van der Waals surface area contributed by atoms with Crippen LogP contribution in [0.25, 0.3) is 0 Å². The van der Waals surface area contributed by atoms with Crippen molar-refractivity contribution in [1.29, 1.82) is 0 Å². The van der Waals surface area contributed by atoms with Crippen molar-refractivity contribution in [3.63, 3.8) is 0 Å². The summed E-state index contributed by atoms with van der Waals surface area (Å²) in [5, 5.41) is 11.9. The van der Waals surface area contributed by atoms with Crippen LogP contribution in [0, 0.1) is 35.5 Å². The van der Waals surface area contributed by atoms with E-state index < -0.39 is 0 Å². The highest BCUT2D eigenvalue weighted by Crippen LogP contribution is 2.65. The van der Waals surface area contributed by atoms with Crippen molar-refractivity contribution in [2.24, 2.45) is 23.7 Å². The molecule has 104 valence electrons. The number of amides is 1. The van der Waals surface area contributed by atoms with Gasteiger partial charge in [-0.2, -0.15) is 0 Å². The van der Waals surface area contributed by atoms with E-state index in [-0.39, 0.29) is 12.5 Å². The number of fused-ring (bicyclic) bond motifs is 5. The molecule has 1 aromatic rings. The van der Waals surface area contributed by atoms with Gasteiger partial charge in [-0.3, -0.25) is 4.79 Å². The van der Waals surface area contributed by atoms with Crippen LogP contribution < -0.4 is 5.32 Å². The maximum atomic E-state index is 12.2. The van der Waals surface area contributed by atoms with Crippen molar-refractivity contribution >= 4 is 17.2 Å². The lowest BCUT2D eigenvalue weighted by Gasteiger charge is -2.09. The fourth-order valence-electron chi connectivity index (χ4n) is 4.39. The third-order valence-electron chi connectivity index (χ3n) is 5.15. The Hall–Kier alpha value is -1.31. The van der Waals surface area contributed by atoms with E-state index in [9.17, 15) is 4.79 Å². The molecular formula is C16H17NO2S. The zero-order chi connectivity index (χ0) is 13.7. The molecular weight excluding hydrogens is 270 g/mol. The lowest BCUT2D eigenvalue weighted by molar-refractivity contribution is 0.0948. The zero-order valence-electron chi connectivity index (χ0n) is 11.1. The molecule has 0 radical (unpaired) electrons. The molecule has 3 fully saturated rings. The Labute approximate surface area is 122 Å². The summed E-state index contributed by atoms with van der Waals surface area (Å²) < 4.78 is 0. The Morgan fingerprint density at radius 2 is 2.10 bits per heavy atom. The molecule has 3 saturated carbocycles. The summed E-state index contributed by atoms with van der Waals surface area (Å²) in [6, 6.07) is 4.11. The van der Waals surface area contributed by atoms with Gasteiger partial charge in [0.1, 0.15) is 6.61 Å². The molecule has 4 rings (SSSR count). The summed E-state index contributed by atoms with van der Waals surface area (Å²) >= 11 is 1.40. The Morgan fingerprint density at radius 3 is 2.80 bits per heavy atom. The SMILES string of the molecule is O=C(NC1C2C3CCC(C3)C12)c1ccc(C#CCO)s1. The maximum absolute atomic E-state index is 12.2. The molecule has 3 aliphatic carbocycles. The smallest absolute Gasteiger partial charge is 0.261 e. The highest BCUT2D eigenvalue weighted by Gasteiger charge is 2.65. The van der Waals surface area contributed by atoms with Crippen molar-refractivity contribution in [3.05, 3.63) is 21.9 Å². The molecule has 0 aliphatic heterocycles. The lowest BCUT2D eigenvalue weighted by Crippen LogP contribution is -2.29. The Kier molecular flexibility index (Phi) is 2.87. The van der Waals surface area contributed by atoms with Crippen LogP contribution in [0.5, 0.6) is 0 Å². The molecule has 4 atom stereocenters. The normalized spacial score (nSPS) is 36.1. The summed E-state index contributed by atoms with van der Waals surface area (Å²) in [4.78, 5) is 13.8. The minimum Gasteiger partial charge on any atom is -0.384 e. The van der Waals surface area contributed by atoms with Gasteiger partial charge in [0.25, 0.3) is 5.91 Å². The monoisotopic (exact) mass is 287 g/mol. The summed E-state index contributed by atoms with van der Waals surface area (Å²) in [5.74, 6) is 8.79. The number of carbonyl (C=O) groups is 1. The minimum absolute atomic E-state index is 0.0471. The highest BCUT2D eigenvalue weighted by atomic mass is 32.1. The van der Waals surface area contributed by atoms with Crippen molar-refractivity contribution in [2.75, 3.05) is 6.61 Å². The van der Waals surface area contributed by atoms with Crippen LogP contribution in [-0.4, -0.2) is 23.7 Å². The molecule has 4 heteroatoms. The molecule has 20 heavy (non-hydrogen) atoms. The first-order valence-corrected chi connectivity index (χ1v) is 8.10. The number of aliphatic hydroxyl groups is 1. The van der Waals surface area contributed by atoms with E-state index in [1.165, 1.54) is 30.6 Å². The van der Waals surface area contributed by atoms with Gasteiger partial charge < -0.3 is 10.4 Å².